The lowest BCUT2D eigenvalue weighted by Crippen LogP contribution is -2.13. The van der Waals surface area contributed by atoms with E-state index >= 15 is 0 Å². The van der Waals surface area contributed by atoms with E-state index in [1.165, 1.54) is 12.4 Å². The van der Waals surface area contributed by atoms with Crippen LogP contribution in [0, 0.1) is 0 Å². The zero-order chi connectivity index (χ0) is 16.8. The minimum Gasteiger partial charge on any atom is -0.349 e. The third-order valence-corrected chi connectivity index (χ3v) is 3.70. The number of hydrogen-bond donors (Lipinski definition) is 2. The highest BCUT2D eigenvalue weighted by molar-refractivity contribution is 9.10. The number of pyridine rings is 1. The molecule has 2 aromatic heterocycles. The molecule has 0 fully saturated rings. The lowest BCUT2D eigenvalue weighted by atomic mass is 10.3. The van der Waals surface area contributed by atoms with E-state index in [9.17, 15) is 4.79 Å². The first kappa shape index (κ1) is 16.1. The van der Waals surface area contributed by atoms with Crippen LogP contribution < -0.4 is 10.6 Å². The van der Waals surface area contributed by atoms with Gasteiger partial charge in [0, 0.05) is 28.8 Å². The van der Waals surface area contributed by atoms with Gasteiger partial charge in [-0.3, -0.25) is 9.78 Å². The standard InChI is InChI=1S/C17H14BrN5O/c18-13-4-6-14(7-5-13)23-16(24)12-9-20-17(21-10-12)22-11-15-3-1-2-8-19-15/h1-10H,11H2,(H,23,24)(H,20,21,22). The fraction of sp³-hybridized carbons (Fsp3) is 0.0588. The Labute approximate surface area is 147 Å². The molecule has 2 heterocycles. The van der Waals surface area contributed by atoms with Crippen LogP contribution in [0.15, 0.2) is 65.5 Å². The topological polar surface area (TPSA) is 79.8 Å². The van der Waals surface area contributed by atoms with Gasteiger partial charge in [0.1, 0.15) is 0 Å². The van der Waals surface area contributed by atoms with Crippen LogP contribution in [-0.2, 0) is 6.54 Å². The van der Waals surface area contributed by atoms with Gasteiger partial charge in [0.2, 0.25) is 5.95 Å². The summed E-state index contributed by atoms with van der Waals surface area (Å²) in [5.41, 5.74) is 1.99. The minimum atomic E-state index is -0.256. The number of aromatic nitrogens is 3. The Bertz CT molecular complexity index is 807. The molecular weight excluding hydrogens is 370 g/mol. The highest BCUT2D eigenvalue weighted by Crippen LogP contribution is 2.15. The lowest BCUT2D eigenvalue weighted by Gasteiger charge is -2.06. The molecule has 0 bridgehead atoms. The van der Waals surface area contributed by atoms with E-state index in [1.54, 1.807) is 6.20 Å². The van der Waals surface area contributed by atoms with Gasteiger partial charge in [0.15, 0.2) is 0 Å². The summed E-state index contributed by atoms with van der Waals surface area (Å²) in [5.74, 6) is 0.189. The smallest absolute Gasteiger partial charge is 0.258 e. The number of halogens is 1. The second-order valence-corrected chi connectivity index (χ2v) is 5.85. The van der Waals surface area contributed by atoms with Gasteiger partial charge >= 0.3 is 0 Å². The highest BCUT2D eigenvalue weighted by atomic mass is 79.9. The lowest BCUT2D eigenvalue weighted by molar-refractivity contribution is 0.102. The van der Waals surface area contributed by atoms with Crippen molar-refractivity contribution in [3.63, 3.8) is 0 Å². The molecule has 7 heteroatoms. The van der Waals surface area contributed by atoms with Crippen LogP contribution >= 0.6 is 15.9 Å². The second-order valence-electron chi connectivity index (χ2n) is 4.93. The monoisotopic (exact) mass is 383 g/mol. The molecule has 1 amide bonds. The molecule has 0 aliphatic heterocycles. The normalized spacial score (nSPS) is 10.2. The molecule has 24 heavy (non-hydrogen) atoms. The summed E-state index contributed by atoms with van der Waals surface area (Å²) in [7, 11) is 0. The number of carbonyl (C=O) groups excluding carboxylic acids is 1. The summed E-state index contributed by atoms with van der Waals surface area (Å²) in [6.45, 7) is 0.519. The van der Waals surface area contributed by atoms with E-state index in [4.69, 9.17) is 0 Å². The highest BCUT2D eigenvalue weighted by Gasteiger charge is 2.08. The van der Waals surface area contributed by atoms with E-state index in [-0.39, 0.29) is 5.91 Å². The number of benzene rings is 1. The van der Waals surface area contributed by atoms with Gasteiger partial charge < -0.3 is 10.6 Å². The number of amides is 1. The van der Waals surface area contributed by atoms with E-state index in [2.05, 4.69) is 41.5 Å². The maximum absolute atomic E-state index is 12.2. The minimum absolute atomic E-state index is 0.256. The summed E-state index contributed by atoms with van der Waals surface area (Å²) < 4.78 is 0.951. The van der Waals surface area contributed by atoms with Crippen molar-refractivity contribution < 1.29 is 4.79 Å². The second kappa shape index (κ2) is 7.65. The number of nitrogens with zero attached hydrogens (tertiary/aromatic N) is 3. The molecule has 0 saturated heterocycles. The van der Waals surface area contributed by atoms with Crippen LogP contribution in [0.3, 0.4) is 0 Å². The molecule has 0 aliphatic carbocycles. The maximum Gasteiger partial charge on any atom is 0.258 e. The first-order valence-electron chi connectivity index (χ1n) is 7.23. The third kappa shape index (κ3) is 4.36. The molecule has 120 valence electrons. The first-order valence-corrected chi connectivity index (χ1v) is 8.03. The van der Waals surface area contributed by atoms with Gasteiger partial charge in [0.25, 0.3) is 5.91 Å². The Balaban J connectivity index is 1.59. The number of anilines is 2. The summed E-state index contributed by atoms with van der Waals surface area (Å²) in [4.78, 5) is 24.7. The van der Waals surface area contributed by atoms with Gasteiger partial charge in [-0.2, -0.15) is 0 Å². The Hall–Kier alpha value is -2.80. The molecule has 1 aromatic carbocycles. The molecule has 0 spiro atoms. The molecular formula is C17H14BrN5O. The summed E-state index contributed by atoms with van der Waals surface area (Å²) in [5, 5.41) is 5.85. The third-order valence-electron chi connectivity index (χ3n) is 3.17. The SMILES string of the molecule is O=C(Nc1ccc(Br)cc1)c1cnc(NCc2ccccn2)nc1. The fourth-order valence-electron chi connectivity index (χ4n) is 1.95. The zero-order valence-corrected chi connectivity index (χ0v) is 14.2. The van der Waals surface area contributed by atoms with E-state index < -0.39 is 0 Å². The molecule has 0 aliphatic rings. The Morgan fingerprint density at radius 1 is 1.00 bits per heavy atom. The Kier molecular flexibility index (Phi) is 5.12. The largest absolute Gasteiger partial charge is 0.349 e. The van der Waals surface area contributed by atoms with Crippen molar-refractivity contribution in [2.75, 3.05) is 10.6 Å². The van der Waals surface area contributed by atoms with Crippen molar-refractivity contribution in [1.29, 1.82) is 0 Å². The molecule has 0 radical (unpaired) electrons. The van der Waals surface area contributed by atoms with Gasteiger partial charge in [-0.15, -0.1) is 0 Å². The van der Waals surface area contributed by atoms with Gasteiger partial charge in [-0.05, 0) is 36.4 Å². The maximum atomic E-state index is 12.2. The van der Waals surface area contributed by atoms with Crippen LogP contribution in [0.4, 0.5) is 11.6 Å². The molecule has 3 rings (SSSR count). The van der Waals surface area contributed by atoms with Gasteiger partial charge in [-0.1, -0.05) is 22.0 Å². The average molecular weight is 384 g/mol. The summed E-state index contributed by atoms with van der Waals surface area (Å²) >= 11 is 3.35. The van der Waals surface area contributed by atoms with Gasteiger partial charge in [0.05, 0.1) is 17.8 Å². The predicted molar refractivity (Wildman–Crippen MR) is 95.7 cm³/mol. The van der Waals surface area contributed by atoms with Crippen LogP contribution in [-0.4, -0.2) is 20.9 Å². The quantitative estimate of drug-likeness (QED) is 0.704. The van der Waals surface area contributed by atoms with Crippen LogP contribution in [0.5, 0.6) is 0 Å². The Morgan fingerprint density at radius 2 is 1.75 bits per heavy atom. The van der Waals surface area contributed by atoms with Crippen molar-refractivity contribution in [3.8, 4) is 0 Å². The molecule has 0 unspecified atom stereocenters. The van der Waals surface area contributed by atoms with Crippen molar-refractivity contribution in [3.05, 3.63) is 76.8 Å². The van der Waals surface area contributed by atoms with Gasteiger partial charge in [-0.25, -0.2) is 9.97 Å². The zero-order valence-electron chi connectivity index (χ0n) is 12.6. The molecule has 0 atom stereocenters. The number of nitrogens with one attached hydrogen (secondary N) is 2. The predicted octanol–water partition coefficient (Wildman–Crippen LogP) is 3.50. The molecule has 6 nitrogen and oxygen atoms in total. The number of rotatable bonds is 5. The van der Waals surface area contributed by atoms with Crippen LogP contribution in [0.25, 0.3) is 0 Å². The van der Waals surface area contributed by atoms with E-state index in [1.807, 2.05) is 42.5 Å². The average Bonchev–Trinajstić information content (AvgIpc) is 2.63. The van der Waals surface area contributed by atoms with Crippen molar-refractivity contribution in [2.24, 2.45) is 0 Å². The molecule has 0 saturated carbocycles. The van der Waals surface area contributed by atoms with E-state index in [0.29, 0.717) is 23.7 Å². The van der Waals surface area contributed by atoms with Crippen molar-refractivity contribution in [1.82, 2.24) is 15.0 Å². The summed E-state index contributed by atoms with van der Waals surface area (Å²) in [6.07, 6.45) is 4.71. The summed E-state index contributed by atoms with van der Waals surface area (Å²) in [6, 6.07) is 13.0. The fourth-order valence-corrected chi connectivity index (χ4v) is 2.21. The van der Waals surface area contributed by atoms with Crippen LogP contribution in [0.1, 0.15) is 16.1 Å². The molecule has 2 N–H and O–H groups in total. The van der Waals surface area contributed by atoms with Crippen LogP contribution in [0.2, 0.25) is 0 Å². The van der Waals surface area contributed by atoms with Crippen molar-refractivity contribution in [2.45, 2.75) is 6.54 Å². The van der Waals surface area contributed by atoms with E-state index in [0.717, 1.165) is 10.2 Å². The number of hydrogen-bond acceptors (Lipinski definition) is 5. The molecule has 3 aromatic rings. The number of carbonyl (C=O) groups is 1. The Morgan fingerprint density at radius 3 is 2.42 bits per heavy atom. The van der Waals surface area contributed by atoms with Crippen molar-refractivity contribution >= 4 is 33.5 Å². The first-order chi connectivity index (χ1) is 11.7.